The highest BCUT2D eigenvalue weighted by Crippen LogP contribution is 2.37. The molecule has 2 unspecified atom stereocenters. The van der Waals surface area contributed by atoms with E-state index in [1.54, 1.807) is 6.92 Å². The van der Waals surface area contributed by atoms with E-state index in [1.807, 2.05) is 0 Å². The molecule has 0 bridgehead atoms. The van der Waals surface area contributed by atoms with Crippen LogP contribution in [0.5, 0.6) is 0 Å². The number of rotatable bonds is 3. The number of aliphatic hydroxyl groups is 1. The van der Waals surface area contributed by atoms with Gasteiger partial charge in [-0.2, -0.15) is 0 Å². The number of amides is 1. The third-order valence-electron chi connectivity index (χ3n) is 2.02. The van der Waals surface area contributed by atoms with Gasteiger partial charge in [-0.25, -0.2) is 0 Å². The smallest absolute Gasteiger partial charge is 0.223 e. The van der Waals surface area contributed by atoms with Gasteiger partial charge in [0.2, 0.25) is 5.91 Å². The Morgan fingerprint density at radius 1 is 1.82 bits per heavy atom. The molecule has 1 aliphatic rings. The molecule has 3 heteroatoms. The molecule has 3 atom stereocenters. The number of aliphatic hydroxyl groups excluding tert-OH is 1. The molecule has 11 heavy (non-hydrogen) atoms. The van der Waals surface area contributed by atoms with Crippen LogP contribution in [-0.4, -0.2) is 23.7 Å². The molecule has 3 nitrogen and oxygen atoms in total. The first kappa shape index (κ1) is 8.53. The monoisotopic (exact) mass is 157 g/mol. The lowest BCUT2D eigenvalue weighted by atomic mass is 10.3. The Kier molecular flexibility index (Phi) is 2.49. The zero-order valence-electron chi connectivity index (χ0n) is 7.00. The van der Waals surface area contributed by atoms with Crippen molar-refractivity contribution < 1.29 is 9.90 Å². The topological polar surface area (TPSA) is 49.3 Å². The molecule has 1 saturated carbocycles. The first-order valence-electron chi connectivity index (χ1n) is 4.07. The predicted molar refractivity (Wildman–Crippen MR) is 42.0 cm³/mol. The minimum atomic E-state index is -0.437. The standard InChI is InChI=1S/C8H15NO2/c1-5-3-7(5)8(11)9-4-6(2)10/h5-7,10H,3-4H2,1-2H3,(H,9,11)/t5?,6-,7?/m0/s1. The summed E-state index contributed by atoms with van der Waals surface area (Å²) in [4.78, 5) is 11.1. The number of carbonyl (C=O) groups is 1. The van der Waals surface area contributed by atoms with Crippen molar-refractivity contribution in [3.8, 4) is 0 Å². The molecule has 1 aliphatic carbocycles. The van der Waals surface area contributed by atoms with E-state index in [4.69, 9.17) is 5.11 Å². The molecule has 0 heterocycles. The van der Waals surface area contributed by atoms with Crippen LogP contribution in [-0.2, 0) is 4.79 Å². The van der Waals surface area contributed by atoms with E-state index in [0.717, 1.165) is 6.42 Å². The number of hydrogen-bond acceptors (Lipinski definition) is 2. The van der Waals surface area contributed by atoms with Gasteiger partial charge in [-0.05, 0) is 19.3 Å². The fourth-order valence-corrected chi connectivity index (χ4v) is 1.07. The van der Waals surface area contributed by atoms with Gasteiger partial charge in [0, 0.05) is 12.5 Å². The lowest BCUT2D eigenvalue weighted by Gasteiger charge is -2.05. The molecule has 0 saturated heterocycles. The van der Waals surface area contributed by atoms with Crippen molar-refractivity contribution in [1.29, 1.82) is 0 Å². The highest BCUT2D eigenvalue weighted by Gasteiger charge is 2.38. The summed E-state index contributed by atoms with van der Waals surface area (Å²) in [5, 5.41) is 11.5. The van der Waals surface area contributed by atoms with E-state index in [-0.39, 0.29) is 11.8 Å². The molecular formula is C8H15NO2. The lowest BCUT2D eigenvalue weighted by Crippen LogP contribution is -2.31. The van der Waals surface area contributed by atoms with Gasteiger partial charge < -0.3 is 10.4 Å². The Morgan fingerprint density at radius 3 is 2.73 bits per heavy atom. The van der Waals surface area contributed by atoms with Gasteiger partial charge in [0.15, 0.2) is 0 Å². The second-order valence-electron chi connectivity index (χ2n) is 3.41. The Balaban J connectivity index is 2.12. The highest BCUT2D eigenvalue weighted by atomic mass is 16.3. The van der Waals surface area contributed by atoms with Crippen molar-refractivity contribution in [2.45, 2.75) is 26.4 Å². The molecule has 1 fully saturated rings. The average molecular weight is 157 g/mol. The van der Waals surface area contributed by atoms with E-state index < -0.39 is 6.10 Å². The van der Waals surface area contributed by atoms with Crippen LogP contribution >= 0.6 is 0 Å². The van der Waals surface area contributed by atoms with Crippen molar-refractivity contribution in [2.75, 3.05) is 6.54 Å². The molecule has 0 aromatic rings. The van der Waals surface area contributed by atoms with Gasteiger partial charge in [-0.1, -0.05) is 6.92 Å². The zero-order chi connectivity index (χ0) is 8.43. The van der Waals surface area contributed by atoms with E-state index >= 15 is 0 Å². The molecule has 2 N–H and O–H groups in total. The van der Waals surface area contributed by atoms with E-state index in [0.29, 0.717) is 12.5 Å². The molecule has 0 aromatic carbocycles. The predicted octanol–water partition coefficient (Wildman–Crippen LogP) is 0.139. The van der Waals surface area contributed by atoms with Crippen LogP contribution in [0, 0.1) is 11.8 Å². The Bertz CT molecular complexity index is 156. The summed E-state index contributed by atoms with van der Waals surface area (Å²) in [6.07, 6.45) is 0.569. The fourth-order valence-electron chi connectivity index (χ4n) is 1.07. The summed E-state index contributed by atoms with van der Waals surface area (Å²) < 4.78 is 0. The van der Waals surface area contributed by atoms with Crippen molar-refractivity contribution >= 4 is 5.91 Å². The molecule has 1 rings (SSSR count). The number of nitrogens with one attached hydrogen (secondary N) is 1. The molecule has 0 spiro atoms. The maximum atomic E-state index is 11.1. The van der Waals surface area contributed by atoms with E-state index in [1.165, 1.54) is 0 Å². The highest BCUT2D eigenvalue weighted by molar-refractivity contribution is 5.81. The molecule has 0 aromatic heterocycles. The summed E-state index contributed by atoms with van der Waals surface area (Å²) in [6.45, 7) is 4.10. The second kappa shape index (κ2) is 3.22. The van der Waals surface area contributed by atoms with E-state index in [2.05, 4.69) is 12.2 Å². The summed E-state index contributed by atoms with van der Waals surface area (Å²) in [5.41, 5.74) is 0. The third kappa shape index (κ3) is 2.50. The Hall–Kier alpha value is -0.570. The van der Waals surface area contributed by atoms with Crippen molar-refractivity contribution in [3.63, 3.8) is 0 Å². The van der Waals surface area contributed by atoms with E-state index in [9.17, 15) is 4.79 Å². The van der Waals surface area contributed by atoms with Crippen LogP contribution in [0.25, 0.3) is 0 Å². The summed E-state index contributed by atoms with van der Waals surface area (Å²) in [7, 11) is 0. The van der Waals surface area contributed by atoms with Crippen LogP contribution in [0.2, 0.25) is 0 Å². The van der Waals surface area contributed by atoms with Gasteiger partial charge in [-0.3, -0.25) is 4.79 Å². The second-order valence-corrected chi connectivity index (χ2v) is 3.41. The maximum absolute atomic E-state index is 11.1. The summed E-state index contributed by atoms with van der Waals surface area (Å²) >= 11 is 0. The largest absolute Gasteiger partial charge is 0.392 e. The molecular weight excluding hydrogens is 142 g/mol. The zero-order valence-corrected chi connectivity index (χ0v) is 7.00. The van der Waals surface area contributed by atoms with Crippen LogP contribution in [0.4, 0.5) is 0 Å². The summed E-state index contributed by atoms with van der Waals surface area (Å²) in [6, 6.07) is 0. The van der Waals surface area contributed by atoms with Crippen LogP contribution in [0.1, 0.15) is 20.3 Å². The van der Waals surface area contributed by atoms with Gasteiger partial charge in [-0.15, -0.1) is 0 Å². The SMILES string of the molecule is CC1CC1C(=O)NC[C@H](C)O. The number of hydrogen-bond donors (Lipinski definition) is 2. The maximum Gasteiger partial charge on any atom is 0.223 e. The average Bonchev–Trinajstić information content (AvgIpc) is 2.61. The van der Waals surface area contributed by atoms with Crippen LogP contribution in [0.15, 0.2) is 0 Å². The van der Waals surface area contributed by atoms with Crippen LogP contribution in [0.3, 0.4) is 0 Å². The van der Waals surface area contributed by atoms with Crippen LogP contribution < -0.4 is 5.32 Å². The van der Waals surface area contributed by atoms with Crippen molar-refractivity contribution in [1.82, 2.24) is 5.32 Å². The molecule has 1 amide bonds. The third-order valence-corrected chi connectivity index (χ3v) is 2.02. The Labute approximate surface area is 66.8 Å². The van der Waals surface area contributed by atoms with Gasteiger partial charge in [0.05, 0.1) is 6.10 Å². The fraction of sp³-hybridized carbons (Fsp3) is 0.875. The lowest BCUT2D eigenvalue weighted by molar-refractivity contribution is -0.123. The van der Waals surface area contributed by atoms with Crippen molar-refractivity contribution in [3.05, 3.63) is 0 Å². The molecule has 0 radical (unpaired) electrons. The molecule has 0 aliphatic heterocycles. The molecule has 64 valence electrons. The minimum absolute atomic E-state index is 0.0957. The van der Waals surface area contributed by atoms with Gasteiger partial charge in [0.1, 0.15) is 0 Å². The first-order valence-corrected chi connectivity index (χ1v) is 4.07. The van der Waals surface area contributed by atoms with Gasteiger partial charge in [0.25, 0.3) is 0 Å². The Morgan fingerprint density at radius 2 is 2.36 bits per heavy atom. The quantitative estimate of drug-likeness (QED) is 0.612. The number of carbonyl (C=O) groups excluding carboxylic acids is 1. The minimum Gasteiger partial charge on any atom is -0.392 e. The van der Waals surface area contributed by atoms with Crippen molar-refractivity contribution in [2.24, 2.45) is 11.8 Å². The first-order chi connectivity index (χ1) is 5.11. The normalized spacial score (nSPS) is 31.2. The van der Waals surface area contributed by atoms with Gasteiger partial charge >= 0.3 is 0 Å². The summed E-state index contributed by atoms with van der Waals surface area (Å²) in [5.74, 6) is 0.858.